The Kier molecular flexibility index (Phi) is 9.13. The van der Waals surface area contributed by atoms with Gasteiger partial charge in [-0.15, -0.1) is 11.8 Å². The lowest BCUT2D eigenvalue weighted by Gasteiger charge is -2.45. The third-order valence-electron chi connectivity index (χ3n) is 8.87. The van der Waals surface area contributed by atoms with Crippen molar-refractivity contribution in [2.45, 2.75) is 72.6 Å². The molecule has 0 heterocycles. The molecule has 13 heteroatoms. The Morgan fingerprint density at radius 3 is 2.19 bits per heavy atom. The normalized spacial score (nSPS) is 31.1. The molecule has 3 aliphatic rings. The van der Waals surface area contributed by atoms with Crippen molar-refractivity contribution in [1.82, 2.24) is 5.32 Å². The van der Waals surface area contributed by atoms with Gasteiger partial charge in [0.05, 0.1) is 22.8 Å². The first-order chi connectivity index (χ1) is 19.9. The molecule has 3 fully saturated rings. The summed E-state index contributed by atoms with van der Waals surface area (Å²) in [4.78, 5) is 25.9. The zero-order valence-electron chi connectivity index (χ0n) is 22.4. The number of fused-ring (bicyclic) bond motifs is 2. The van der Waals surface area contributed by atoms with Gasteiger partial charge in [0, 0.05) is 46.0 Å². The van der Waals surface area contributed by atoms with E-state index >= 15 is 0 Å². The fourth-order valence-electron chi connectivity index (χ4n) is 6.64. The minimum Gasteiger partial charge on any atom is -0.390 e. The Morgan fingerprint density at radius 2 is 1.60 bits per heavy atom. The van der Waals surface area contributed by atoms with Gasteiger partial charge in [-0.05, 0) is 68.6 Å². The summed E-state index contributed by atoms with van der Waals surface area (Å²) in [6.45, 7) is -0.145. The van der Waals surface area contributed by atoms with Crippen molar-refractivity contribution in [3.05, 3.63) is 58.4 Å². The summed E-state index contributed by atoms with van der Waals surface area (Å²) in [5.41, 5.74) is -1.45. The van der Waals surface area contributed by atoms with Crippen molar-refractivity contribution < 1.29 is 43.2 Å². The molecule has 7 atom stereocenters. The van der Waals surface area contributed by atoms with Gasteiger partial charge in [-0.1, -0.05) is 11.6 Å². The first-order valence-electron chi connectivity index (χ1n) is 13.8. The maximum absolute atomic E-state index is 13.6. The van der Waals surface area contributed by atoms with Crippen molar-refractivity contribution in [3.63, 3.8) is 0 Å². The second-order valence-corrected chi connectivity index (χ2v) is 13.2. The highest BCUT2D eigenvalue weighted by Crippen LogP contribution is 2.54. The van der Waals surface area contributed by atoms with Crippen LogP contribution in [0.1, 0.15) is 48.9 Å². The van der Waals surface area contributed by atoms with Crippen molar-refractivity contribution in [2.75, 3.05) is 11.9 Å². The van der Waals surface area contributed by atoms with Gasteiger partial charge in [0.15, 0.2) is 17.5 Å². The van der Waals surface area contributed by atoms with Crippen LogP contribution >= 0.6 is 23.4 Å². The molecule has 2 aromatic carbocycles. The van der Waals surface area contributed by atoms with Crippen LogP contribution in [-0.4, -0.2) is 67.9 Å². The minimum atomic E-state index is -1.63. The van der Waals surface area contributed by atoms with Gasteiger partial charge in [0.1, 0.15) is 6.10 Å². The molecule has 0 radical (unpaired) electrons. The number of amides is 2. The van der Waals surface area contributed by atoms with Crippen LogP contribution in [0.3, 0.4) is 0 Å². The van der Waals surface area contributed by atoms with E-state index in [0.717, 1.165) is 0 Å². The number of hydrogen-bond acceptors (Lipinski definition) is 7. The van der Waals surface area contributed by atoms with Crippen LogP contribution < -0.4 is 10.6 Å². The average molecular weight is 629 g/mol. The molecule has 6 N–H and O–H groups in total. The van der Waals surface area contributed by atoms with E-state index in [2.05, 4.69) is 10.6 Å². The van der Waals surface area contributed by atoms with E-state index in [0.29, 0.717) is 47.7 Å². The van der Waals surface area contributed by atoms with Crippen LogP contribution in [0.2, 0.25) is 5.02 Å². The standard InChI is InChI=1S/C29H32ClF3N2O6S/c30-19-4-1-13(28(40)35-17-10-20(31)26(33)21(32)11-17)7-24(19)42-18-8-15-2-3-16(9-18)29(15,41)25(38)12-34-27(39)14-5-22(36)23(37)6-14/h1,4,7,10-11,14-16,18,22-23,25,36-38,41H,2-3,5-6,8-9,12H2,(H,34,39)(H,35,40)/t14?,15-,16?,18-,22?,23?,25?,29-/m0/s1. The fourth-order valence-corrected chi connectivity index (χ4v) is 8.28. The number of carbonyl (C=O) groups is 2. The molecule has 3 aliphatic carbocycles. The molecule has 4 unspecified atom stereocenters. The Labute approximate surface area is 249 Å². The van der Waals surface area contributed by atoms with E-state index in [1.807, 2.05) is 0 Å². The number of thioether (sulfide) groups is 1. The molecule has 8 nitrogen and oxygen atoms in total. The number of benzene rings is 2. The van der Waals surface area contributed by atoms with Gasteiger partial charge in [-0.3, -0.25) is 9.59 Å². The second kappa shape index (κ2) is 12.3. The molecule has 0 aliphatic heterocycles. The summed E-state index contributed by atoms with van der Waals surface area (Å²) < 4.78 is 40.4. The van der Waals surface area contributed by atoms with Gasteiger partial charge < -0.3 is 31.1 Å². The van der Waals surface area contributed by atoms with E-state index in [4.69, 9.17) is 11.6 Å². The molecule has 5 rings (SSSR count). The van der Waals surface area contributed by atoms with Gasteiger partial charge in [-0.2, -0.15) is 0 Å². The molecule has 0 spiro atoms. The van der Waals surface area contributed by atoms with E-state index < -0.39 is 53.2 Å². The maximum atomic E-state index is 13.6. The predicted octanol–water partition coefficient (Wildman–Crippen LogP) is 3.63. The van der Waals surface area contributed by atoms with Gasteiger partial charge in [0.2, 0.25) is 5.91 Å². The molecule has 0 saturated heterocycles. The molecular weight excluding hydrogens is 597 g/mol. The van der Waals surface area contributed by atoms with Crippen molar-refractivity contribution in [2.24, 2.45) is 17.8 Å². The first kappa shape index (κ1) is 31.1. The van der Waals surface area contributed by atoms with Gasteiger partial charge in [-0.25, -0.2) is 13.2 Å². The van der Waals surface area contributed by atoms with E-state index in [1.54, 1.807) is 6.07 Å². The zero-order chi connectivity index (χ0) is 30.3. The Morgan fingerprint density at radius 1 is 1.00 bits per heavy atom. The molecule has 2 bridgehead atoms. The highest BCUT2D eigenvalue weighted by molar-refractivity contribution is 8.00. The predicted molar refractivity (Wildman–Crippen MR) is 150 cm³/mol. The molecular formula is C29H32ClF3N2O6S. The summed E-state index contributed by atoms with van der Waals surface area (Å²) >= 11 is 7.86. The summed E-state index contributed by atoms with van der Waals surface area (Å²) in [5, 5.41) is 47.4. The van der Waals surface area contributed by atoms with Crippen LogP contribution in [0, 0.1) is 35.2 Å². The lowest BCUT2D eigenvalue weighted by molar-refractivity contribution is -0.144. The highest BCUT2D eigenvalue weighted by Gasteiger charge is 2.57. The second-order valence-electron chi connectivity index (χ2n) is 11.5. The van der Waals surface area contributed by atoms with Crippen molar-refractivity contribution in [3.8, 4) is 0 Å². The van der Waals surface area contributed by atoms with Crippen molar-refractivity contribution in [1.29, 1.82) is 0 Å². The van der Waals surface area contributed by atoms with Crippen LogP contribution in [0.15, 0.2) is 35.2 Å². The van der Waals surface area contributed by atoms with Crippen LogP contribution in [0.5, 0.6) is 0 Å². The number of aliphatic hydroxyl groups is 4. The maximum Gasteiger partial charge on any atom is 0.255 e. The highest BCUT2D eigenvalue weighted by atomic mass is 35.5. The van der Waals surface area contributed by atoms with Gasteiger partial charge in [0.25, 0.3) is 5.91 Å². The summed E-state index contributed by atoms with van der Waals surface area (Å²) in [6.07, 6.45) is -0.292. The molecule has 228 valence electrons. The Bertz CT molecular complexity index is 1320. The van der Waals surface area contributed by atoms with Crippen LogP contribution in [0.4, 0.5) is 18.9 Å². The van der Waals surface area contributed by atoms with E-state index in [-0.39, 0.29) is 53.6 Å². The third kappa shape index (κ3) is 6.15. The lowest BCUT2D eigenvalue weighted by Crippen LogP contribution is -2.58. The lowest BCUT2D eigenvalue weighted by atomic mass is 9.71. The summed E-state index contributed by atoms with van der Waals surface area (Å²) in [5.74, 6) is -6.54. The number of aliphatic hydroxyl groups excluding tert-OH is 3. The number of rotatable bonds is 8. The number of hydrogen-bond donors (Lipinski definition) is 6. The smallest absolute Gasteiger partial charge is 0.255 e. The molecule has 42 heavy (non-hydrogen) atoms. The topological polar surface area (TPSA) is 139 Å². The van der Waals surface area contributed by atoms with Crippen molar-refractivity contribution >= 4 is 40.9 Å². The average Bonchev–Trinajstić information content (AvgIpc) is 3.34. The molecule has 2 amide bonds. The summed E-state index contributed by atoms with van der Waals surface area (Å²) in [6, 6.07) is 5.92. The van der Waals surface area contributed by atoms with Crippen LogP contribution in [0.25, 0.3) is 0 Å². The SMILES string of the molecule is O=C(Nc1cc(F)c(F)c(F)c1)c1ccc(Cl)c(S[C@@H]2CC3CC[C@@H](C2)[C@@]3(O)C(O)CNC(=O)C2CC(O)C(O)C2)c1. The third-order valence-corrected chi connectivity index (χ3v) is 10.6. The quantitative estimate of drug-likeness (QED) is 0.246. The van der Waals surface area contributed by atoms with E-state index in [1.165, 1.54) is 23.9 Å². The number of nitrogens with one attached hydrogen (secondary N) is 2. The van der Waals surface area contributed by atoms with E-state index in [9.17, 15) is 43.2 Å². The number of carbonyl (C=O) groups excluding carboxylic acids is 2. The first-order valence-corrected chi connectivity index (χ1v) is 15.1. The Hall–Kier alpha value is -2.35. The minimum absolute atomic E-state index is 0.0159. The molecule has 3 saturated carbocycles. The largest absolute Gasteiger partial charge is 0.390 e. The molecule has 2 aromatic rings. The van der Waals surface area contributed by atoms with Gasteiger partial charge >= 0.3 is 0 Å². The Balaban J connectivity index is 1.20. The number of halogens is 4. The molecule has 0 aromatic heterocycles. The monoisotopic (exact) mass is 628 g/mol. The fraction of sp³-hybridized carbons (Fsp3) is 0.517. The van der Waals surface area contributed by atoms with Crippen LogP contribution in [-0.2, 0) is 4.79 Å². The zero-order valence-corrected chi connectivity index (χ0v) is 24.0. The summed E-state index contributed by atoms with van der Waals surface area (Å²) in [7, 11) is 0. The number of anilines is 1.